The normalized spacial score (nSPS) is 10.5. The molecular weight excluding hydrogens is 262 g/mol. The van der Waals surface area contributed by atoms with Crippen molar-refractivity contribution in [3.8, 4) is 22.1 Å². The molecule has 1 aromatic heterocycles. The van der Waals surface area contributed by atoms with Crippen molar-refractivity contribution >= 4 is 11.3 Å². The van der Waals surface area contributed by atoms with E-state index in [9.17, 15) is 0 Å². The Hall–Kier alpha value is -1.66. The number of rotatable bonds is 6. The molecule has 0 spiro atoms. The van der Waals surface area contributed by atoms with Crippen LogP contribution in [0, 0.1) is 0 Å². The highest BCUT2D eigenvalue weighted by Gasteiger charge is 2.12. The van der Waals surface area contributed by atoms with Gasteiger partial charge in [0.05, 0.1) is 19.8 Å². The van der Waals surface area contributed by atoms with Gasteiger partial charge in [-0.15, -0.1) is 10.2 Å². The first kappa shape index (κ1) is 13.8. The molecule has 2 rings (SSSR count). The number of nitrogens with two attached hydrogens (primary N) is 1. The average molecular weight is 279 g/mol. The zero-order valence-corrected chi connectivity index (χ0v) is 11.9. The molecule has 5 nitrogen and oxygen atoms in total. The molecule has 0 fully saturated rings. The molecule has 2 aromatic rings. The van der Waals surface area contributed by atoms with E-state index in [1.54, 1.807) is 25.6 Å². The summed E-state index contributed by atoms with van der Waals surface area (Å²) in [5.41, 5.74) is 6.42. The monoisotopic (exact) mass is 279 g/mol. The maximum absolute atomic E-state index is 5.49. The fraction of sp³-hybridized carbons (Fsp3) is 0.385. The van der Waals surface area contributed by atoms with Gasteiger partial charge in [-0.2, -0.15) is 0 Å². The number of benzene rings is 1. The molecule has 102 valence electrons. The lowest BCUT2D eigenvalue weighted by Gasteiger charge is -2.07. The van der Waals surface area contributed by atoms with Crippen molar-refractivity contribution in [2.75, 3.05) is 20.8 Å². The van der Waals surface area contributed by atoms with Gasteiger partial charge in [0, 0.05) is 12.5 Å². The minimum Gasteiger partial charge on any atom is -0.497 e. The summed E-state index contributed by atoms with van der Waals surface area (Å²) in [7, 11) is 3.26. The van der Waals surface area contributed by atoms with Gasteiger partial charge in [-0.25, -0.2) is 0 Å². The Morgan fingerprint density at radius 3 is 2.74 bits per heavy atom. The Bertz CT molecular complexity index is 542. The maximum atomic E-state index is 5.49. The fourth-order valence-electron chi connectivity index (χ4n) is 1.69. The molecule has 0 bridgehead atoms. The van der Waals surface area contributed by atoms with Crippen molar-refractivity contribution in [1.82, 2.24) is 10.2 Å². The minimum absolute atomic E-state index is 0.667. The second kappa shape index (κ2) is 6.49. The van der Waals surface area contributed by atoms with Gasteiger partial charge in [0.2, 0.25) is 0 Å². The molecule has 0 saturated heterocycles. The Morgan fingerprint density at radius 1 is 1.21 bits per heavy atom. The number of hydrogen-bond acceptors (Lipinski definition) is 6. The first-order chi connectivity index (χ1) is 9.28. The van der Waals surface area contributed by atoms with Gasteiger partial charge >= 0.3 is 0 Å². The number of aromatic nitrogens is 2. The second-order valence-corrected chi connectivity index (χ2v) is 5.02. The van der Waals surface area contributed by atoms with Crippen LogP contribution in [-0.2, 0) is 6.42 Å². The standard InChI is InChI=1S/C13H17N3O2S/c1-17-9-5-6-10(11(8-9)18-2)13-16-15-12(19-13)4-3-7-14/h5-6,8H,3-4,7,14H2,1-2H3. The fourth-order valence-corrected chi connectivity index (χ4v) is 2.60. The van der Waals surface area contributed by atoms with E-state index >= 15 is 0 Å². The molecule has 2 N–H and O–H groups in total. The van der Waals surface area contributed by atoms with E-state index in [0.717, 1.165) is 39.9 Å². The summed E-state index contributed by atoms with van der Waals surface area (Å²) in [6.45, 7) is 0.667. The third-order valence-corrected chi connectivity index (χ3v) is 3.72. The van der Waals surface area contributed by atoms with Gasteiger partial charge in [0.15, 0.2) is 5.01 Å². The van der Waals surface area contributed by atoms with Crippen molar-refractivity contribution in [1.29, 1.82) is 0 Å². The predicted molar refractivity (Wildman–Crippen MR) is 75.8 cm³/mol. The number of aryl methyl sites for hydroxylation is 1. The number of hydrogen-bond donors (Lipinski definition) is 1. The summed E-state index contributed by atoms with van der Waals surface area (Å²) in [6.07, 6.45) is 1.79. The first-order valence-electron chi connectivity index (χ1n) is 6.03. The second-order valence-electron chi connectivity index (χ2n) is 3.96. The van der Waals surface area contributed by atoms with E-state index in [0.29, 0.717) is 6.54 Å². The van der Waals surface area contributed by atoms with E-state index in [-0.39, 0.29) is 0 Å². The molecule has 0 unspecified atom stereocenters. The summed E-state index contributed by atoms with van der Waals surface area (Å²) in [4.78, 5) is 0. The van der Waals surface area contributed by atoms with Crippen molar-refractivity contribution in [3.05, 3.63) is 23.2 Å². The molecule has 6 heteroatoms. The Morgan fingerprint density at radius 2 is 2.05 bits per heavy atom. The zero-order chi connectivity index (χ0) is 13.7. The van der Waals surface area contributed by atoms with Crippen LogP contribution in [0.15, 0.2) is 18.2 Å². The van der Waals surface area contributed by atoms with Gasteiger partial charge in [0.1, 0.15) is 16.5 Å². The largest absolute Gasteiger partial charge is 0.497 e. The Kier molecular flexibility index (Phi) is 4.70. The van der Waals surface area contributed by atoms with Crippen LogP contribution in [0.4, 0.5) is 0 Å². The number of ether oxygens (including phenoxy) is 2. The summed E-state index contributed by atoms with van der Waals surface area (Å²) >= 11 is 1.57. The quantitative estimate of drug-likeness (QED) is 0.877. The Balaban J connectivity index is 2.27. The van der Waals surface area contributed by atoms with E-state index in [2.05, 4.69) is 10.2 Å². The zero-order valence-electron chi connectivity index (χ0n) is 11.0. The molecule has 0 aliphatic heterocycles. The molecule has 0 aliphatic carbocycles. The molecule has 1 aromatic carbocycles. The third kappa shape index (κ3) is 3.21. The highest BCUT2D eigenvalue weighted by atomic mass is 32.1. The molecule has 0 atom stereocenters. The van der Waals surface area contributed by atoms with E-state index in [4.69, 9.17) is 15.2 Å². The van der Waals surface area contributed by atoms with Crippen molar-refractivity contribution in [2.45, 2.75) is 12.8 Å². The van der Waals surface area contributed by atoms with Crippen LogP contribution in [0.1, 0.15) is 11.4 Å². The van der Waals surface area contributed by atoms with Gasteiger partial charge in [-0.05, 0) is 25.1 Å². The summed E-state index contributed by atoms with van der Waals surface area (Å²) < 4.78 is 10.6. The van der Waals surface area contributed by atoms with E-state index < -0.39 is 0 Å². The number of methoxy groups -OCH3 is 2. The highest BCUT2D eigenvalue weighted by Crippen LogP contribution is 2.34. The summed E-state index contributed by atoms with van der Waals surface area (Å²) in [5, 5.41) is 10.2. The van der Waals surface area contributed by atoms with Crippen molar-refractivity contribution in [2.24, 2.45) is 5.73 Å². The molecular formula is C13H17N3O2S. The molecule has 0 saturated carbocycles. The minimum atomic E-state index is 0.667. The average Bonchev–Trinajstić information content (AvgIpc) is 2.92. The molecule has 0 radical (unpaired) electrons. The SMILES string of the molecule is COc1ccc(-c2nnc(CCCN)s2)c(OC)c1. The topological polar surface area (TPSA) is 70.3 Å². The molecule has 1 heterocycles. The lowest BCUT2D eigenvalue weighted by molar-refractivity contribution is 0.395. The molecule has 0 aliphatic rings. The lowest BCUT2D eigenvalue weighted by Crippen LogP contribution is -1.99. The van der Waals surface area contributed by atoms with Crippen LogP contribution >= 0.6 is 11.3 Å². The van der Waals surface area contributed by atoms with Crippen LogP contribution in [0.5, 0.6) is 11.5 Å². The Labute approximate surface area is 116 Å². The summed E-state index contributed by atoms with van der Waals surface area (Å²) in [6, 6.07) is 5.67. The van der Waals surface area contributed by atoms with Crippen LogP contribution in [-0.4, -0.2) is 31.0 Å². The number of nitrogens with zero attached hydrogens (tertiary/aromatic N) is 2. The maximum Gasteiger partial charge on any atom is 0.151 e. The van der Waals surface area contributed by atoms with Crippen molar-refractivity contribution in [3.63, 3.8) is 0 Å². The van der Waals surface area contributed by atoms with Crippen LogP contribution in [0.2, 0.25) is 0 Å². The van der Waals surface area contributed by atoms with Crippen molar-refractivity contribution < 1.29 is 9.47 Å². The molecule has 19 heavy (non-hydrogen) atoms. The predicted octanol–water partition coefficient (Wildman–Crippen LogP) is 2.11. The van der Waals surface area contributed by atoms with E-state index in [1.165, 1.54) is 0 Å². The first-order valence-corrected chi connectivity index (χ1v) is 6.85. The van der Waals surface area contributed by atoms with Gasteiger partial charge in [-0.1, -0.05) is 11.3 Å². The van der Waals surface area contributed by atoms with Gasteiger partial charge in [0.25, 0.3) is 0 Å². The van der Waals surface area contributed by atoms with Gasteiger partial charge in [-0.3, -0.25) is 0 Å². The van der Waals surface area contributed by atoms with Crippen LogP contribution in [0.3, 0.4) is 0 Å². The lowest BCUT2D eigenvalue weighted by atomic mass is 10.2. The smallest absolute Gasteiger partial charge is 0.151 e. The highest BCUT2D eigenvalue weighted by molar-refractivity contribution is 7.14. The van der Waals surface area contributed by atoms with Crippen LogP contribution in [0.25, 0.3) is 10.6 Å². The summed E-state index contributed by atoms with van der Waals surface area (Å²) in [5.74, 6) is 1.49. The van der Waals surface area contributed by atoms with E-state index in [1.807, 2.05) is 18.2 Å². The van der Waals surface area contributed by atoms with Crippen LogP contribution < -0.4 is 15.2 Å². The third-order valence-electron chi connectivity index (χ3n) is 2.70. The molecule has 0 amide bonds. The van der Waals surface area contributed by atoms with Gasteiger partial charge < -0.3 is 15.2 Å².